The third-order valence-corrected chi connectivity index (χ3v) is 5.67. The van der Waals surface area contributed by atoms with Gasteiger partial charge in [0.25, 0.3) is 5.91 Å². The maximum Gasteiger partial charge on any atom is 0.434 e. The predicted octanol–water partition coefficient (Wildman–Crippen LogP) is 4.55. The molecule has 1 amide bonds. The SMILES string of the molecule is Cc1ccc(-n2ncc(C(=O)N3CCCN(Cc4ccccc4)CC3)c2C(F)(F)F)cc1. The van der Waals surface area contributed by atoms with Crippen molar-refractivity contribution in [1.82, 2.24) is 19.6 Å². The summed E-state index contributed by atoms with van der Waals surface area (Å²) < 4.78 is 42.8. The number of hydrogen-bond acceptors (Lipinski definition) is 3. The molecule has 0 radical (unpaired) electrons. The number of benzene rings is 2. The fourth-order valence-electron chi connectivity index (χ4n) is 4.00. The van der Waals surface area contributed by atoms with Gasteiger partial charge in [0, 0.05) is 32.7 Å². The van der Waals surface area contributed by atoms with Crippen LogP contribution in [-0.2, 0) is 12.7 Å². The number of aryl methyl sites for hydroxylation is 1. The van der Waals surface area contributed by atoms with Gasteiger partial charge in [-0.1, -0.05) is 48.0 Å². The zero-order valence-corrected chi connectivity index (χ0v) is 17.8. The van der Waals surface area contributed by atoms with Crippen LogP contribution >= 0.6 is 0 Å². The van der Waals surface area contributed by atoms with Crippen molar-refractivity contribution in [2.45, 2.75) is 26.1 Å². The zero-order valence-electron chi connectivity index (χ0n) is 17.8. The molecule has 0 aliphatic carbocycles. The van der Waals surface area contributed by atoms with E-state index in [0.29, 0.717) is 26.1 Å². The van der Waals surface area contributed by atoms with Crippen molar-refractivity contribution < 1.29 is 18.0 Å². The minimum absolute atomic E-state index is 0.270. The summed E-state index contributed by atoms with van der Waals surface area (Å²) in [7, 11) is 0. The Labute approximate surface area is 185 Å². The predicted molar refractivity (Wildman–Crippen MR) is 116 cm³/mol. The number of nitrogens with zero attached hydrogens (tertiary/aromatic N) is 4. The molecule has 0 unspecified atom stereocenters. The zero-order chi connectivity index (χ0) is 22.7. The minimum Gasteiger partial charge on any atom is -0.337 e. The molecule has 3 aromatic rings. The molecule has 0 N–H and O–H groups in total. The van der Waals surface area contributed by atoms with E-state index >= 15 is 0 Å². The van der Waals surface area contributed by atoms with Crippen LogP contribution in [0.3, 0.4) is 0 Å². The van der Waals surface area contributed by atoms with Crippen molar-refractivity contribution in [3.8, 4) is 5.69 Å². The number of aromatic nitrogens is 2. The van der Waals surface area contributed by atoms with Crippen molar-refractivity contribution in [3.63, 3.8) is 0 Å². The lowest BCUT2D eigenvalue weighted by atomic mass is 10.2. The van der Waals surface area contributed by atoms with Crippen LogP contribution < -0.4 is 0 Å². The van der Waals surface area contributed by atoms with E-state index in [2.05, 4.69) is 10.00 Å². The van der Waals surface area contributed by atoms with E-state index in [9.17, 15) is 18.0 Å². The highest BCUT2D eigenvalue weighted by Gasteiger charge is 2.41. The fourth-order valence-corrected chi connectivity index (χ4v) is 4.00. The molecule has 168 valence electrons. The molecule has 0 atom stereocenters. The Hall–Kier alpha value is -3.13. The summed E-state index contributed by atoms with van der Waals surface area (Å²) >= 11 is 0. The summed E-state index contributed by atoms with van der Waals surface area (Å²) in [6.45, 7) is 4.78. The second kappa shape index (κ2) is 9.16. The first-order chi connectivity index (χ1) is 15.3. The van der Waals surface area contributed by atoms with Crippen molar-refractivity contribution in [1.29, 1.82) is 0 Å². The third kappa shape index (κ3) is 4.85. The Morgan fingerprint density at radius 2 is 1.69 bits per heavy atom. The van der Waals surface area contributed by atoms with E-state index in [0.717, 1.165) is 29.5 Å². The average molecular weight is 442 g/mol. The van der Waals surface area contributed by atoms with Crippen LogP contribution in [0.4, 0.5) is 13.2 Å². The highest BCUT2D eigenvalue weighted by Crippen LogP contribution is 2.34. The second-order valence-corrected chi connectivity index (χ2v) is 8.06. The van der Waals surface area contributed by atoms with E-state index in [1.54, 1.807) is 24.3 Å². The van der Waals surface area contributed by atoms with E-state index in [-0.39, 0.29) is 5.69 Å². The first kappa shape index (κ1) is 22.1. The van der Waals surface area contributed by atoms with Crippen LogP contribution in [0.2, 0.25) is 0 Å². The number of carbonyl (C=O) groups is 1. The van der Waals surface area contributed by atoms with Crippen LogP contribution in [-0.4, -0.2) is 51.7 Å². The lowest BCUT2D eigenvalue weighted by Gasteiger charge is -2.22. The van der Waals surface area contributed by atoms with Gasteiger partial charge in [-0.05, 0) is 31.0 Å². The maximum atomic E-state index is 14.0. The molecule has 0 spiro atoms. The van der Waals surface area contributed by atoms with Crippen LogP contribution in [0, 0.1) is 6.92 Å². The molecule has 8 heteroatoms. The van der Waals surface area contributed by atoms with Gasteiger partial charge in [-0.25, -0.2) is 4.68 Å². The normalized spacial score (nSPS) is 15.6. The number of halogens is 3. The first-order valence-corrected chi connectivity index (χ1v) is 10.6. The second-order valence-electron chi connectivity index (χ2n) is 8.06. The Morgan fingerprint density at radius 1 is 0.969 bits per heavy atom. The lowest BCUT2D eigenvalue weighted by molar-refractivity contribution is -0.143. The van der Waals surface area contributed by atoms with Crippen molar-refractivity contribution in [3.05, 3.63) is 83.2 Å². The first-order valence-electron chi connectivity index (χ1n) is 10.6. The molecule has 32 heavy (non-hydrogen) atoms. The number of amides is 1. The standard InChI is InChI=1S/C24H25F3N4O/c1-18-8-10-20(11-9-18)31-22(24(25,26)27)21(16-28-31)23(32)30-13-5-12-29(14-15-30)17-19-6-3-2-4-7-19/h2-4,6-11,16H,5,12-15,17H2,1H3. The third-order valence-electron chi connectivity index (χ3n) is 5.67. The quantitative estimate of drug-likeness (QED) is 0.596. The summed E-state index contributed by atoms with van der Waals surface area (Å²) in [4.78, 5) is 16.9. The van der Waals surface area contributed by atoms with Gasteiger partial charge in [0.2, 0.25) is 0 Å². The number of carbonyl (C=O) groups excluding carboxylic acids is 1. The molecule has 0 saturated carbocycles. The molecule has 1 aliphatic rings. The van der Waals surface area contributed by atoms with Gasteiger partial charge in [-0.15, -0.1) is 0 Å². The average Bonchev–Trinajstić information content (AvgIpc) is 3.10. The highest BCUT2D eigenvalue weighted by atomic mass is 19.4. The summed E-state index contributed by atoms with van der Waals surface area (Å²) in [6.07, 6.45) is -2.97. The number of hydrogen-bond donors (Lipinski definition) is 0. The van der Waals surface area contributed by atoms with Gasteiger partial charge in [-0.3, -0.25) is 9.69 Å². The smallest absolute Gasteiger partial charge is 0.337 e. The van der Waals surface area contributed by atoms with Gasteiger partial charge < -0.3 is 4.90 Å². The minimum atomic E-state index is -4.71. The van der Waals surface area contributed by atoms with Gasteiger partial charge in [0.15, 0.2) is 5.69 Å². The van der Waals surface area contributed by atoms with Crippen LogP contribution in [0.1, 0.15) is 33.6 Å². The summed E-state index contributed by atoms with van der Waals surface area (Å²) in [5, 5.41) is 3.93. The molecule has 2 aromatic carbocycles. The lowest BCUT2D eigenvalue weighted by Crippen LogP contribution is -2.36. The van der Waals surface area contributed by atoms with Gasteiger partial charge in [0.1, 0.15) is 0 Å². The maximum absolute atomic E-state index is 14.0. The highest BCUT2D eigenvalue weighted by molar-refractivity contribution is 5.95. The fraction of sp³-hybridized carbons (Fsp3) is 0.333. The van der Waals surface area contributed by atoms with Gasteiger partial charge in [0.05, 0.1) is 17.4 Å². The van der Waals surface area contributed by atoms with Crippen LogP contribution in [0.5, 0.6) is 0 Å². The van der Waals surface area contributed by atoms with E-state index in [1.165, 1.54) is 10.5 Å². The van der Waals surface area contributed by atoms with Gasteiger partial charge >= 0.3 is 6.18 Å². The van der Waals surface area contributed by atoms with E-state index in [1.807, 2.05) is 37.3 Å². The largest absolute Gasteiger partial charge is 0.434 e. The van der Waals surface area contributed by atoms with Gasteiger partial charge in [-0.2, -0.15) is 18.3 Å². The summed E-state index contributed by atoms with van der Waals surface area (Å²) in [5.41, 5.74) is 0.930. The van der Waals surface area contributed by atoms with Crippen molar-refractivity contribution >= 4 is 5.91 Å². The topological polar surface area (TPSA) is 41.4 Å². The molecule has 4 rings (SSSR count). The van der Waals surface area contributed by atoms with Crippen LogP contribution in [0.25, 0.3) is 5.69 Å². The molecular formula is C24H25F3N4O. The van der Waals surface area contributed by atoms with Crippen LogP contribution in [0.15, 0.2) is 60.8 Å². The summed E-state index contributed by atoms with van der Waals surface area (Å²) in [6, 6.07) is 16.6. The Morgan fingerprint density at radius 3 is 2.38 bits per heavy atom. The molecule has 1 aliphatic heterocycles. The molecule has 2 heterocycles. The number of alkyl halides is 3. The Balaban J connectivity index is 1.54. The molecule has 0 bridgehead atoms. The van der Waals surface area contributed by atoms with E-state index in [4.69, 9.17) is 0 Å². The molecule has 1 saturated heterocycles. The molecular weight excluding hydrogens is 417 g/mol. The van der Waals surface area contributed by atoms with Crippen molar-refractivity contribution in [2.24, 2.45) is 0 Å². The summed E-state index contributed by atoms with van der Waals surface area (Å²) in [5.74, 6) is -0.628. The Bertz CT molecular complexity index is 1060. The monoisotopic (exact) mass is 442 g/mol. The van der Waals surface area contributed by atoms with E-state index < -0.39 is 23.3 Å². The molecule has 5 nitrogen and oxygen atoms in total. The molecule has 1 aromatic heterocycles. The number of rotatable bonds is 4. The van der Waals surface area contributed by atoms with Crippen molar-refractivity contribution in [2.75, 3.05) is 26.2 Å². The molecule has 1 fully saturated rings. The Kier molecular flexibility index (Phi) is 6.32.